The molecule has 0 saturated carbocycles. The molecule has 3 nitrogen and oxygen atoms in total. The number of hydrogen-bond acceptors (Lipinski definition) is 3. The number of aromatic hydroxyl groups is 2. The van der Waals surface area contributed by atoms with Crippen LogP contribution in [0.1, 0.15) is 0 Å². The van der Waals surface area contributed by atoms with Gasteiger partial charge in [0, 0.05) is 0 Å². The largest absolute Gasteiger partial charge is 0.507 e. The van der Waals surface area contributed by atoms with Crippen molar-refractivity contribution < 1.29 is 14.6 Å². The Morgan fingerprint density at radius 1 is 0.769 bits per heavy atom. The Hall–Kier alpha value is -1.90. The summed E-state index contributed by atoms with van der Waals surface area (Å²) in [6.07, 6.45) is 0. The van der Waals surface area contributed by atoms with Crippen LogP contribution < -0.4 is 0 Å². The lowest BCUT2D eigenvalue weighted by Crippen LogP contribution is -1.72. The second-order valence-corrected chi connectivity index (χ2v) is 3.02. The lowest BCUT2D eigenvalue weighted by Gasteiger charge is -1.97. The van der Waals surface area contributed by atoms with E-state index in [1.54, 1.807) is 12.1 Å². The average molecular weight is 174 g/mol. The van der Waals surface area contributed by atoms with Gasteiger partial charge < -0.3 is 14.6 Å². The van der Waals surface area contributed by atoms with Crippen molar-refractivity contribution in [2.75, 3.05) is 0 Å². The van der Waals surface area contributed by atoms with E-state index in [2.05, 4.69) is 0 Å². The molecule has 13 heavy (non-hydrogen) atoms. The van der Waals surface area contributed by atoms with Crippen LogP contribution in [0.3, 0.4) is 0 Å². The predicted molar refractivity (Wildman–Crippen MR) is 48.2 cm³/mol. The van der Waals surface area contributed by atoms with Crippen LogP contribution in [-0.2, 0) is 0 Å². The van der Waals surface area contributed by atoms with E-state index in [0.29, 0.717) is 21.9 Å². The maximum absolute atomic E-state index is 9.52. The smallest absolute Gasteiger partial charge is 0.139 e. The normalized spacial score (nSPS) is 11.7. The monoisotopic (exact) mass is 174 g/mol. The van der Waals surface area contributed by atoms with E-state index in [-0.39, 0.29) is 11.5 Å². The Morgan fingerprint density at radius 3 is 1.69 bits per heavy atom. The summed E-state index contributed by atoms with van der Waals surface area (Å²) < 4.78 is 5.31. The Balaban J connectivity index is 2.72. The molecule has 2 aromatic heterocycles. The molecule has 1 aromatic carbocycles. The van der Waals surface area contributed by atoms with Gasteiger partial charge >= 0.3 is 0 Å². The van der Waals surface area contributed by atoms with Crippen molar-refractivity contribution >= 4 is 21.9 Å². The zero-order chi connectivity index (χ0) is 9.00. The Labute approximate surface area is 73.2 Å². The SMILES string of the molecule is Oc1ccc(O)c2c3ccc(o3)c12. The van der Waals surface area contributed by atoms with E-state index in [1.807, 2.05) is 0 Å². The maximum Gasteiger partial charge on any atom is 0.139 e. The van der Waals surface area contributed by atoms with E-state index >= 15 is 0 Å². The van der Waals surface area contributed by atoms with E-state index in [9.17, 15) is 10.2 Å². The number of rotatable bonds is 0. The molecule has 3 heteroatoms. The zero-order valence-corrected chi connectivity index (χ0v) is 6.61. The lowest BCUT2D eigenvalue weighted by molar-refractivity contribution is 0.470. The van der Waals surface area contributed by atoms with Crippen LogP contribution in [0.25, 0.3) is 21.9 Å². The molecular formula is C10H6O3. The summed E-state index contributed by atoms with van der Waals surface area (Å²) in [4.78, 5) is 0. The summed E-state index contributed by atoms with van der Waals surface area (Å²) >= 11 is 0. The first-order valence-electron chi connectivity index (χ1n) is 3.93. The summed E-state index contributed by atoms with van der Waals surface area (Å²) in [6, 6.07) is 6.47. The average Bonchev–Trinajstić information content (AvgIpc) is 2.70. The van der Waals surface area contributed by atoms with Gasteiger partial charge in [-0.2, -0.15) is 0 Å². The summed E-state index contributed by atoms with van der Waals surface area (Å²) in [5, 5.41) is 20.2. The second kappa shape index (κ2) is 1.88. The van der Waals surface area contributed by atoms with Gasteiger partial charge in [-0.05, 0) is 24.3 Å². The number of phenolic OH excluding ortho intramolecular Hbond substituents is 2. The Morgan fingerprint density at radius 2 is 1.23 bits per heavy atom. The molecule has 0 aliphatic carbocycles. The van der Waals surface area contributed by atoms with Crippen LogP contribution in [0.4, 0.5) is 0 Å². The number of fused-ring (bicyclic) bond motifs is 5. The molecule has 0 fully saturated rings. The molecule has 0 aliphatic heterocycles. The highest BCUT2D eigenvalue weighted by Crippen LogP contribution is 2.41. The lowest BCUT2D eigenvalue weighted by atomic mass is 10.1. The van der Waals surface area contributed by atoms with E-state index in [0.717, 1.165) is 0 Å². The van der Waals surface area contributed by atoms with Gasteiger partial charge in [0.25, 0.3) is 0 Å². The maximum atomic E-state index is 9.52. The van der Waals surface area contributed by atoms with Gasteiger partial charge in [0.2, 0.25) is 0 Å². The molecule has 0 unspecified atom stereocenters. The molecule has 2 N–H and O–H groups in total. The minimum absolute atomic E-state index is 0.141. The van der Waals surface area contributed by atoms with Crippen molar-refractivity contribution in [3.05, 3.63) is 24.3 Å². The molecule has 0 spiro atoms. The molecule has 3 aromatic rings. The van der Waals surface area contributed by atoms with Crippen molar-refractivity contribution in [3.8, 4) is 11.5 Å². The summed E-state index contributed by atoms with van der Waals surface area (Å²) in [5.74, 6) is 0.282. The van der Waals surface area contributed by atoms with Crippen molar-refractivity contribution in [1.29, 1.82) is 0 Å². The second-order valence-electron chi connectivity index (χ2n) is 3.02. The topological polar surface area (TPSA) is 53.6 Å². The van der Waals surface area contributed by atoms with Crippen molar-refractivity contribution in [2.45, 2.75) is 0 Å². The molecule has 0 saturated heterocycles. The van der Waals surface area contributed by atoms with Crippen molar-refractivity contribution in [3.63, 3.8) is 0 Å². The highest BCUT2D eigenvalue weighted by Gasteiger charge is 2.15. The van der Waals surface area contributed by atoms with Gasteiger partial charge in [0.1, 0.15) is 22.7 Å². The third-order valence-corrected chi connectivity index (χ3v) is 2.26. The van der Waals surface area contributed by atoms with Crippen LogP contribution in [0, 0.1) is 0 Å². The highest BCUT2D eigenvalue weighted by molar-refractivity contribution is 6.12. The quantitative estimate of drug-likeness (QED) is 0.514. The molecule has 64 valence electrons. The van der Waals surface area contributed by atoms with Crippen LogP contribution in [0.2, 0.25) is 0 Å². The fourth-order valence-corrected chi connectivity index (χ4v) is 1.69. The summed E-state index contributed by atoms with van der Waals surface area (Å²) in [5.41, 5.74) is 1.22. The number of furan rings is 2. The molecule has 0 aliphatic rings. The predicted octanol–water partition coefficient (Wildman–Crippen LogP) is 2.44. The summed E-state index contributed by atoms with van der Waals surface area (Å²) in [6.45, 7) is 0. The van der Waals surface area contributed by atoms with E-state index in [4.69, 9.17) is 4.42 Å². The standard InChI is InChI=1S/C10H6O3/c11-5-1-2-6(12)10-8-4-3-7(13-8)9(5)10/h1-4,11-12H. The van der Waals surface area contributed by atoms with Gasteiger partial charge in [0.15, 0.2) is 0 Å². The zero-order valence-electron chi connectivity index (χ0n) is 6.61. The highest BCUT2D eigenvalue weighted by atomic mass is 16.3. The molecule has 2 heterocycles. The first-order valence-corrected chi connectivity index (χ1v) is 3.93. The number of hydrogen-bond donors (Lipinski definition) is 2. The Bertz CT molecular complexity index is 529. The first kappa shape index (κ1) is 6.60. The molecular weight excluding hydrogens is 168 g/mol. The van der Waals surface area contributed by atoms with E-state index in [1.165, 1.54) is 12.1 Å². The molecule has 0 radical (unpaired) electrons. The number of benzene rings is 2. The van der Waals surface area contributed by atoms with Crippen LogP contribution in [0.15, 0.2) is 28.7 Å². The van der Waals surface area contributed by atoms with Gasteiger partial charge in [0.05, 0.1) is 10.8 Å². The Kier molecular flexibility index (Phi) is 0.953. The molecule has 0 amide bonds. The third-order valence-electron chi connectivity index (χ3n) is 2.26. The van der Waals surface area contributed by atoms with Crippen LogP contribution in [-0.4, -0.2) is 10.2 Å². The van der Waals surface area contributed by atoms with Crippen LogP contribution in [0.5, 0.6) is 11.5 Å². The molecule has 2 bridgehead atoms. The fraction of sp³-hybridized carbons (Fsp3) is 0. The molecule has 3 rings (SSSR count). The molecule has 0 atom stereocenters. The van der Waals surface area contributed by atoms with E-state index < -0.39 is 0 Å². The fourth-order valence-electron chi connectivity index (χ4n) is 1.69. The van der Waals surface area contributed by atoms with Gasteiger partial charge in [-0.1, -0.05) is 0 Å². The minimum Gasteiger partial charge on any atom is -0.507 e. The third kappa shape index (κ3) is 0.643. The van der Waals surface area contributed by atoms with Crippen LogP contribution >= 0.6 is 0 Å². The van der Waals surface area contributed by atoms with Crippen molar-refractivity contribution in [2.24, 2.45) is 0 Å². The van der Waals surface area contributed by atoms with Gasteiger partial charge in [-0.3, -0.25) is 0 Å². The first-order chi connectivity index (χ1) is 6.27. The van der Waals surface area contributed by atoms with Crippen molar-refractivity contribution in [1.82, 2.24) is 0 Å². The minimum atomic E-state index is 0.141. The summed E-state index contributed by atoms with van der Waals surface area (Å²) in [7, 11) is 0. The van der Waals surface area contributed by atoms with Gasteiger partial charge in [-0.15, -0.1) is 0 Å². The number of phenols is 2. The van der Waals surface area contributed by atoms with Gasteiger partial charge in [-0.25, -0.2) is 0 Å².